The number of phenolic OH excluding ortho intramolecular Hbond substituents is 2. The SMILES string of the molecule is Nc1c(N)c(N)c2c(N)c3c(c(O)c(O)c4c(N)c(N)c(N)c(N)c43)c(N)c2c1N. The van der Waals surface area contributed by atoms with Gasteiger partial charge in [-0.25, -0.2) is 0 Å². The summed E-state index contributed by atoms with van der Waals surface area (Å²) in [5.74, 6) is -1.21. The summed E-state index contributed by atoms with van der Waals surface area (Å²) in [6, 6.07) is 0. The summed E-state index contributed by atoms with van der Waals surface area (Å²) in [6.45, 7) is 0. The summed E-state index contributed by atoms with van der Waals surface area (Å²) in [6.07, 6.45) is 0. The molecule has 0 spiro atoms. The lowest BCUT2D eigenvalue weighted by Gasteiger charge is -2.22. The second-order valence-electron chi connectivity index (χ2n) is 7.08. The smallest absolute Gasteiger partial charge is 0.168 e. The molecule has 4 aromatic rings. The fourth-order valence-corrected chi connectivity index (χ4v) is 3.98. The first-order valence-corrected chi connectivity index (χ1v) is 8.58. The van der Waals surface area contributed by atoms with Gasteiger partial charge in [-0.2, -0.15) is 0 Å². The summed E-state index contributed by atoms with van der Waals surface area (Å²) in [7, 11) is 0. The summed E-state index contributed by atoms with van der Waals surface area (Å²) in [5.41, 5.74) is 61.1. The van der Waals surface area contributed by atoms with E-state index in [2.05, 4.69) is 0 Å². The van der Waals surface area contributed by atoms with Gasteiger partial charge >= 0.3 is 0 Å². The van der Waals surface area contributed by atoms with Gasteiger partial charge in [0, 0.05) is 21.5 Å². The molecule has 0 heterocycles. The Morgan fingerprint density at radius 1 is 0.267 bits per heavy atom. The van der Waals surface area contributed by atoms with Crippen LogP contribution in [0.1, 0.15) is 0 Å². The molecule has 0 aromatic heterocycles. The van der Waals surface area contributed by atoms with Crippen molar-refractivity contribution in [1.29, 1.82) is 0 Å². The minimum atomic E-state index is -0.604. The van der Waals surface area contributed by atoms with Crippen LogP contribution in [0.5, 0.6) is 11.5 Å². The summed E-state index contributed by atoms with van der Waals surface area (Å²) in [4.78, 5) is 0. The molecule has 0 saturated heterocycles. The molecule has 0 atom stereocenters. The Labute approximate surface area is 168 Å². The second-order valence-corrected chi connectivity index (χ2v) is 7.08. The number of fused-ring (bicyclic) bond motifs is 4. The van der Waals surface area contributed by atoms with E-state index in [1.807, 2.05) is 0 Å². The Hall–Kier alpha value is -4.74. The molecule has 0 aliphatic carbocycles. The van der Waals surface area contributed by atoms with Gasteiger partial charge in [0.2, 0.25) is 0 Å². The van der Waals surface area contributed by atoms with Crippen molar-refractivity contribution in [3.05, 3.63) is 0 Å². The zero-order valence-corrected chi connectivity index (χ0v) is 15.7. The summed E-state index contributed by atoms with van der Waals surface area (Å²) in [5, 5.41) is 22.1. The van der Waals surface area contributed by atoms with Crippen LogP contribution >= 0.6 is 0 Å². The molecule has 0 aliphatic heterocycles. The molecule has 4 rings (SSSR count). The van der Waals surface area contributed by atoms with E-state index in [9.17, 15) is 10.2 Å². The van der Waals surface area contributed by atoms with E-state index in [0.29, 0.717) is 0 Å². The fourth-order valence-electron chi connectivity index (χ4n) is 3.98. The molecule has 0 radical (unpaired) electrons. The minimum Gasteiger partial charge on any atom is -0.504 e. The Morgan fingerprint density at radius 2 is 0.500 bits per heavy atom. The first-order chi connectivity index (χ1) is 13.9. The van der Waals surface area contributed by atoms with Crippen molar-refractivity contribution in [2.75, 3.05) is 57.3 Å². The van der Waals surface area contributed by atoms with Gasteiger partial charge in [0.1, 0.15) is 0 Å². The molecule has 0 amide bonds. The van der Waals surface area contributed by atoms with Crippen molar-refractivity contribution in [2.24, 2.45) is 0 Å². The molecular weight excluding hydrogens is 388 g/mol. The molecule has 0 unspecified atom stereocenters. The third-order valence-corrected chi connectivity index (χ3v) is 5.59. The number of aromatic hydroxyl groups is 2. The Kier molecular flexibility index (Phi) is 3.36. The Balaban J connectivity index is 2.54. The van der Waals surface area contributed by atoms with Gasteiger partial charge in [-0.15, -0.1) is 0 Å². The number of anilines is 10. The molecule has 22 N–H and O–H groups in total. The largest absolute Gasteiger partial charge is 0.504 e. The zero-order valence-electron chi connectivity index (χ0n) is 15.7. The highest BCUT2D eigenvalue weighted by Crippen LogP contribution is 2.56. The van der Waals surface area contributed by atoms with Crippen molar-refractivity contribution in [3.8, 4) is 11.5 Å². The van der Waals surface area contributed by atoms with Crippen LogP contribution in [0.2, 0.25) is 0 Å². The van der Waals surface area contributed by atoms with Gasteiger partial charge in [-0.1, -0.05) is 0 Å². The topological polar surface area (TPSA) is 301 Å². The van der Waals surface area contributed by atoms with E-state index in [0.717, 1.165) is 0 Å². The van der Waals surface area contributed by atoms with Crippen LogP contribution in [0, 0.1) is 0 Å². The maximum atomic E-state index is 10.8. The molecular formula is C18H22N10O2. The van der Waals surface area contributed by atoms with Gasteiger partial charge in [0.05, 0.1) is 67.6 Å². The number of hydrogen-bond acceptors (Lipinski definition) is 12. The molecule has 4 aromatic carbocycles. The number of rotatable bonds is 0. The van der Waals surface area contributed by atoms with Gasteiger partial charge in [-0.3, -0.25) is 0 Å². The van der Waals surface area contributed by atoms with Gasteiger partial charge in [0.15, 0.2) is 11.5 Å². The van der Waals surface area contributed by atoms with Crippen LogP contribution < -0.4 is 57.3 Å². The van der Waals surface area contributed by atoms with Crippen LogP contribution in [0.15, 0.2) is 0 Å². The summed E-state index contributed by atoms with van der Waals surface area (Å²) >= 11 is 0. The average Bonchev–Trinajstić information content (AvgIpc) is 2.71. The molecule has 0 bridgehead atoms. The second kappa shape index (κ2) is 5.41. The predicted molar refractivity (Wildman–Crippen MR) is 126 cm³/mol. The van der Waals surface area contributed by atoms with E-state index in [4.69, 9.17) is 57.3 Å². The standard InChI is InChI=1S/C18H22N10O2/c19-7-1-2-6(12(24)16(28)13(25)9(2)21)18(30)17(29)5(1)8(20)4-3(7)10(22)14(26)15(27)11(4)23/h29-30H,19-28H2. The quantitative estimate of drug-likeness (QED) is 0.0615. The van der Waals surface area contributed by atoms with Crippen LogP contribution in [0.3, 0.4) is 0 Å². The monoisotopic (exact) mass is 410 g/mol. The molecule has 12 nitrogen and oxygen atoms in total. The summed E-state index contributed by atoms with van der Waals surface area (Å²) < 4.78 is 0. The molecule has 0 saturated carbocycles. The van der Waals surface area contributed by atoms with Crippen LogP contribution in [0.4, 0.5) is 56.9 Å². The maximum Gasteiger partial charge on any atom is 0.168 e. The Morgan fingerprint density at radius 3 is 0.900 bits per heavy atom. The van der Waals surface area contributed by atoms with Crippen LogP contribution in [-0.4, -0.2) is 10.2 Å². The van der Waals surface area contributed by atoms with E-state index in [-0.39, 0.29) is 89.2 Å². The normalized spacial score (nSPS) is 11.6. The number of hydrogen-bond donors (Lipinski definition) is 12. The first kappa shape index (κ1) is 18.6. The maximum absolute atomic E-state index is 10.8. The average molecular weight is 410 g/mol. The molecule has 156 valence electrons. The Bertz CT molecular complexity index is 1450. The fraction of sp³-hybridized carbons (Fsp3) is 0. The van der Waals surface area contributed by atoms with E-state index in [1.165, 1.54) is 0 Å². The molecule has 0 fully saturated rings. The lowest BCUT2D eigenvalue weighted by molar-refractivity contribution is 0.413. The van der Waals surface area contributed by atoms with Gasteiger partial charge in [-0.05, 0) is 0 Å². The molecule has 30 heavy (non-hydrogen) atoms. The lowest BCUT2D eigenvalue weighted by Crippen LogP contribution is -2.09. The zero-order chi connectivity index (χ0) is 22.4. The number of phenols is 2. The lowest BCUT2D eigenvalue weighted by atomic mass is 9.89. The van der Waals surface area contributed by atoms with Crippen molar-refractivity contribution in [3.63, 3.8) is 0 Å². The van der Waals surface area contributed by atoms with Gasteiger partial charge < -0.3 is 67.5 Å². The third-order valence-electron chi connectivity index (χ3n) is 5.59. The predicted octanol–water partition coefficient (Wildman–Crippen LogP) is 0.379. The minimum absolute atomic E-state index is 0.00993. The number of nitrogens with two attached hydrogens (primary N) is 10. The first-order valence-electron chi connectivity index (χ1n) is 8.58. The van der Waals surface area contributed by atoms with Crippen LogP contribution in [-0.2, 0) is 0 Å². The van der Waals surface area contributed by atoms with Gasteiger partial charge in [0.25, 0.3) is 0 Å². The van der Waals surface area contributed by atoms with E-state index in [1.54, 1.807) is 0 Å². The van der Waals surface area contributed by atoms with E-state index < -0.39 is 11.5 Å². The highest BCUT2D eigenvalue weighted by Gasteiger charge is 2.28. The molecule has 0 aliphatic rings. The number of benzene rings is 4. The molecule has 12 heteroatoms. The van der Waals surface area contributed by atoms with Crippen LogP contribution in [0.25, 0.3) is 32.3 Å². The van der Waals surface area contributed by atoms with Crippen molar-refractivity contribution in [2.45, 2.75) is 0 Å². The highest BCUT2D eigenvalue weighted by molar-refractivity contribution is 6.37. The third kappa shape index (κ3) is 1.83. The highest BCUT2D eigenvalue weighted by atomic mass is 16.3. The van der Waals surface area contributed by atoms with Crippen molar-refractivity contribution >= 4 is 89.2 Å². The van der Waals surface area contributed by atoms with Crippen molar-refractivity contribution < 1.29 is 10.2 Å². The van der Waals surface area contributed by atoms with Crippen molar-refractivity contribution in [1.82, 2.24) is 0 Å². The van der Waals surface area contributed by atoms with E-state index >= 15 is 0 Å². The number of nitrogen functional groups attached to an aromatic ring is 10.